The molecule has 0 fully saturated rings. The van der Waals surface area contributed by atoms with E-state index < -0.39 is 26.5 Å². The summed E-state index contributed by atoms with van der Waals surface area (Å²) in [6.07, 6.45) is 43.1. The standard InChI is InChI=1S/C41H73O8P/c1-4-6-8-10-12-14-16-18-20-22-23-25-27-29-31-33-35-40(42)47-37-39(38-48-50(44,45)46-3)49-41(43)36-34-32-30-28-26-24-21-19-17-15-13-11-9-7-5-2/h7,9,13,15,19,21,26,28,39H,4-6,8,10-12,14,16-18,20,22-25,27,29-38H2,1-3H3,(H,44,45)/b9-7-,15-13-,21-19-,28-26-. The number of carbonyl (C=O) groups is 2. The lowest BCUT2D eigenvalue weighted by atomic mass is 10.0. The zero-order chi connectivity index (χ0) is 36.8. The minimum Gasteiger partial charge on any atom is -0.462 e. The molecule has 9 heteroatoms. The van der Waals surface area contributed by atoms with Gasteiger partial charge in [0.2, 0.25) is 0 Å². The number of ether oxygens (including phenoxy) is 2. The van der Waals surface area contributed by atoms with Crippen molar-refractivity contribution in [2.24, 2.45) is 0 Å². The van der Waals surface area contributed by atoms with E-state index in [9.17, 15) is 19.0 Å². The van der Waals surface area contributed by atoms with Gasteiger partial charge in [0.05, 0.1) is 6.61 Å². The maximum Gasteiger partial charge on any atom is 0.472 e. The Bertz CT molecular complexity index is 958. The summed E-state index contributed by atoms with van der Waals surface area (Å²) >= 11 is 0. The lowest BCUT2D eigenvalue weighted by Crippen LogP contribution is -2.29. The van der Waals surface area contributed by atoms with E-state index in [-0.39, 0.29) is 25.4 Å². The second-order valence-electron chi connectivity index (χ2n) is 13.0. The van der Waals surface area contributed by atoms with E-state index in [1.165, 1.54) is 83.5 Å². The van der Waals surface area contributed by atoms with Gasteiger partial charge in [-0.05, 0) is 51.4 Å². The third-order valence-corrected chi connectivity index (χ3v) is 9.27. The summed E-state index contributed by atoms with van der Waals surface area (Å²) in [5.41, 5.74) is 0. The van der Waals surface area contributed by atoms with Crippen LogP contribution in [0.5, 0.6) is 0 Å². The molecule has 0 rings (SSSR count). The van der Waals surface area contributed by atoms with Gasteiger partial charge in [0.25, 0.3) is 0 Å². The molecule has 1 N–H and O–H groups in total. The van der Waals surface area contributed by atoms with Crippen LogP contribution >= 0.6 is 7.82 Å². The van der Waals surface area contributed by atoms with Crippen LogP contribution in [0, 0.1) is 0 Å². The highest BCUT2D eigenvalue weighted by Crippen LogP contribution is 2.42. The highest BCUT2D eigenvalue weighted by molar-refractivity contribution is 7.47. The van der Waals surface area contributed by atoms with Crippen LogP contribution in [0.3, 0.4) is 0 Å². The summed E-state index contributed by atoms with van der Waals surface area (Å²) in [4.78, 5) is 34.4. The highest BCUT2D eigenvalue weighted by atomic mass is 31.2. The quantitative estimate of drug-likeness (QED) is 0.0294. The Morgan fingerprint density at radius 1 is 0.580 bits per heavy atom. The van der Waals surface area contributed by atoms with Crippen LogP contribution in [0.1, 0.15) is 174 Å². The largest absolute Gasteiger partial charge is 0.472 e. The number of rotatable bonds is 36. The van der Waals surface area contributed by atoms with E-state index >= 15 is 0 Å². The van der Waals surface area contributed by atoms with Gasteiger partial charge in [-0.3, -0.25) is 18.6 Å². The molecule has 0 radical (unpaired) electrons. The van der Waals surface area contributed by atoms with Crippen molar-refractivity contribution in [3.05, 3.63) is 48.6 Å². The van der Waals surface area contributed by atoms with E-state index in [0.29, 0.717) is 6.42 Å². The summed E-state index contributed by atoms with van der Waals surface area (Å²) in [5.74, 6) is -0.851. The average Bonchev–Trinajstić information content (AvgIpc) is 3.10. The van der Waals surface area contributed by atoms with E-state index in [0.717, 1.165) is 64.9 Å². The van der Waals surface area contributed by atoms with Gasteiger partial charge < -0.3 is 14.4 Å². The van der Waals surface area contributed by atoms with Gasteiger partial charge in [0.1, 0.15) is 6.61 Å². The zero-order valence-corrected chi connectivity index (χ0v) is 32.9. The van der Waals surface area contributed by atoms with Crippen molar-refractivity contribution in [2.75, 3.05) is 20.3 Å². The van der Waals surface area contributed by atoms with Gasteiger partial charge in [-0.25, -0.2) is 4.57 Å². The molecule has 0 bridgehead atoms. The summed E-state index contributed by atoms with van der Waals surface area (Å²) in [6.45, 7) is 3.74. The molecule has 0 aromatic heterocycles. The molecule has 0 aliphatic rings. The van der Waals surface area contributed by atoms with Crippen LogP contribution in [-0.2, 0) is 32.7 Å². The second-order valence-corrected chi connectivity index (χ2v) is 14.6. The highest BCUT2D eigenvalue weighted by Gasteiger charge is 2.24. The van der Waals surface area contributed by atoms with Crippen LogP contribution in [0.2, 0.25) is 0 Å². The van der Waals surface area contributed by atoms with Crippen LogP contribution in [0.15, 0.2) is 48.6 Å². The molecule has 0 aliphatic heterocycles. The van der Waals surface area contributed by atoms with Crippen molar-refractivity contribution in [1.82, 2.24) is 0 Å². The molecule has 2 unspecified atom stereocenters. The lowest BCUT2D eigenvalue weighted by Gasteiger charge is -2.19. The molecular formula is C41H73O8P. The Morgan fingerprint density at radius 2 is 1.02 bits per heavy atom. The Labute approximate surface area is 306 Å². The molecule has 0 amide bonds. The summed E-state index contributed by atoms with van der Waals surface area (Å²) in [5, 5.41) is 0. The topological polar surface area (TPSA) is 108 Å². The molecule has 0 aromatic rings. The van der Waals surface area contributed by atoms with Crippen molar-refractivity contribution in [3.63, 3.8) is 0 Å². The third-order valence-electron chi connectivity index (χ3n) is 8.34. The van der Waals surface area contributed by atoms with Crippen molar-refractivity contribution in [3.8, 4) is 0 Å². The van der Waals surface area contributed by atoms with Crippen molar-refractivity contribution in [1.29, 1.82) is 0 Å². The Morgan fingerprint density at radius 3 is 1.52 bits per heavy atom. The number of phosphoric ester groups is 1. The molecule has 0 spiro atoms. The van der Waals surface area contributed by atoms with Crippen LogP contribution in [0.25, 0.3) is 0 Å². The number of allylic oxidation sites excluding steroid dienone is 8. The van der Waals surface area contributed by atoms with E-state index in [4.69, 9.17) is 14.0 Å². The number of phosphoric acid groups is 1. The van der Waals surface area contributed by atoms with E-state index in [1.807, 2.05) is 0 Å². The fourth-order valence-corrected chi connectivity index (χ4v) is 5.76. The Hall–Kier alpha value is -1.99. The van der Waals surface area contributed by atoms with Crippen LogP contribution in [-0.4, -0.2) is 43.3 Å². The maximum absolute atomic E-state index is 12.4. The number of unbranched alkanes of at least 4 members (excludes halogenated alkanes) is 17. The molecule has 290 valence electrons. The molecule has 0 aliphatic carbocycles. The number of hydrogen-bond donors (Lipinski definition) is 1. The number of esters is 2. The molecule has 0 heterocycles. The molecule has 8 nitrogen and oxygen atoms in total. The van der Waals surface area contributed by atoms with E-state index in [2.05, 4.69) is 67.0 Å². The fraction of sp³-hybridized carbons (Fsp3) is 0.756. The number of hydrogen-bond acceptors (Lipinski definition) is 7. The van der Waals surface area contributed by atoms with Gasteiger partial charge in [-0.1, -0.05) is 159 Å². The first-order valence-electron chi connectivity index (χ1n) is 19.8. The van der Waals surface area contributed by atoms with Crippen LogP contribution < -0.4 is 0 Å². The summed E-state index contributed by atoms with van der Waals surface area (Å²) in [7, 11) is -3.22. The molecule has 2 atom stereocenters. The fourth-order valence-electron chi connectivity index (χ4n) is 5.30. The molecule has 50 heavy (non-hydrogen) atoms. The van der Waals surface area contributed by atoms with Crippen molar-refractivity contribution in [2.45, 2.75) is 180 Å². The zero-order valence-electron chi connectivity index (χ0n) is 32.0. The van der Waals surface area contributed by atoms with Crippen molar-refractivity contribution < 1.29 is 37.6 Å². The maximum atomic E-state index is 12.4. The predicted octanol–water partition coefficient (Wildman–Crippen LogP) is 12.2. The first-order chi connectivity index (χ1) is 24.3. The molecule has 0 saturated carbocycles. The minimum absolute atomic E-state index is 0.193. The Balaban J connectivity index is 4.09. The normalized spacial score (nSPS) is 13.9. The minimum atomic E-state index is -4.27. The average molecular weight is 725 g/mol. The second kappa shape index (κ2) is 36.8. The molecular weight excluding hydrogens is 651 g/mol. The lowest BCUT2D eigenvalue weighted by molar-refractivity contribution is -0.161. The first-order valence-corrected chi connectivity index (χ1v) is 21.3. The van der Waals surface area contributed by atoms with Crippen molar-refractivity contribution >= 4 is 19.8 Å². The number of carbonyl (C=O) groups excluding carboxylic acids is 2. The third kappa shape index (κ3) is 35.8. The molecule has 0 aromatic carbocycles. The van der Waals surface area contributed by atoms with E-state index in [1.54, 1.807) is 0 Å². The summed E-state index contributed by atoms with van der Waals surface area (Å²) in [6, 6.07) is 0. The monoisotopic (exact) mass is 725 g/mol. The molecule has 0 saturated heterocycles. The van der Waals surface area contributed by atoms with Gasteiger partial charge in [0.15, 0.2) is 6.10 Å². The predicted molar refractivity (Wildman–Crippen MR) is 207 cm³/mol. The van der Waals surface area contributed by atoms with Gasteiger partial charge in [0, 0.05) is 20.0 Å². The smallest absolute Gasteiger partial charge is 0.462 e. The summed E-state index contributed by atoms with van der Waals surface area (Å²) < 4.78 is 31.9. The van der Waals surface area contributed by atoms with Crippen LogP contribution in [0.4, 0.5) is 0 Å². The van der Waals surface area contributed by atoms with Gasteiger partial charge >= 0.3 is 19.8 Å². The SMILES string of the molecule is CC/C=C\C/C=C\C/C=C\C/C=C\CCCCC(=O)OC(COC(=O)CCCCCCCCCCCCCCCCCC)COP(=O)(O)OC. The first kappa shape index (κ1) is 48.0. The Kier molecular flexibility index (Phi) is 35.3. The van der Waals surface area contributed by atoms with Gasteiger partial charge in [-0.15, -0.1) is 0 Å². The van der Waals surface area contributed by atoms with Gasteiger partial charge in [-0.2, -0.15) is 0 Å².